The summed E-state index contributed by atoms with van der Waals surface area (Å²) in [5.74, 6) is 1.11. The number of amides is 1. The molecule has 0 aliphatic carbocycles. The van der Waals surface area contributed by atoms with Gasteiger partial charge < -0.3 is 19.8 Å². The number of fused-ring (bicyclic) bond motifs is 1. The van der Waals surface area contributed by atoms with Gasteiger partial charge in [0.2, 0.25) is 10.0 Å². The van der Waals surface area contributed by atoms with Crippen LogP contribution in [-0.2, 0) is 10.0 Å². The van der Waals surface area contributed by atoms with Gasteiger partial charge in [0.15, 0.2) is 11.5 Å². The summed E-state index contributed by atoms with van der Waals surface area (Å²) in [4.78, 5) is 15.8. The molecule has 1 saturated heterocycles. The normalized spacial score (nSPS) is 17.8. The Hall–Kier alpha value is -2.52. The van der Waals surface area contributed by atoms with Crippen molar-refractivity contribution in [1.29, 1.82) is 0 Å². The summed E-state index contributed by atoms with van der Waals surface area (Å²) < 4.78 is 38.1. The molecule has 0 bridgehead atoms. The highest BCUT2D eigenvalue weighted by atomic mass is 32.2. The van der Waals surface area contributed by atoms with E-state index in [2.05, 4.69) is 10.3 Å². The molecule has 30 heavy (non-hydrogen) atoms. The minimum absolute atomic E-state index is 0.110. The lowest BCUT2D eigenvalue weighted by Crippen LogP contribution is -2.32. The van der Waals surface area contributed by atoms with E-state index in [9.17, 15) is 13.2 Å². The van der Waals surface area contributed by atoms with E-state index in [4.69, 9.17) is 9.47 Å². The molecule has 0 spiro atoms. The molecular formula is C21H27N3O5S. The number of carbonyl (C=O) groups excluding carboxylic acids is 1. The Labute approximate surface area is 176 Å². The molecule has 4 rings (SSSR count). The molecule has 2 N–H and O–H groups in total. The molecule has 1 unspecified atom stereocenters. The number of hydrogen-bond donors (Lipinski definition) is 2. The second kappa shape index (κ2) is 8.31. The van der Waals surface area contributed by atoms with Crippen LogP contribution in [-0.4, -0.2) is 49.9 Å². The van der Waals surface area contributed by atoms with Gasteiger partial charge in [0.25, 0.3) is 5.91 Å². The van der Waals surface area contributed by atoms with Crippen molar-refractivity contribution in [3.8, 4) is 11.5 Å². The number of aromatic amines is 1. The van der Waals surface area contributed by atoms with E-state index in [0.717, 1.165) is 18.4 Å². The fourth-order valence-corrected chi connectivity index (χ4v) is 5.35. The minimum atomic E-state index is -3.57. The highest BCUT2D eigenvalue weighted by Crippen LogP contribution is 2.34. The molecule has 1 amide bonds. The third-order valence-corrected chi connectivity index (χ3v) is 7.36. The average Bonchev–Trinajstić information content (AvgIpc) is 3.44. The molecule has 3 heterocycles. The predicted molar refractivity (Wildman–Crippen MR) is 111 cm³/mol. The van der Waals surface area contributed by atoms with Crippen molar-refractivity contribution in [3.05, 3.63) is 41.7 Å². The van der Waals surface area contributed by atoms with Gasteiger partial charge in [0, 0.05) is 19.3 Å². The zero-order valence-corrected chi connectivity index (χ0v) is 18.0. The van der Waals surface area contributed by atoms with Crippen molar-refractivity contribution in [2.24, 2.45) is 5.92 Å². The number of nitrogens with one attached hydrogen (secondary N) is 2. The smallest absolute Gasteiger partial charge is 0.268 e. The van der Waals surface area contributed by atoms with Crippen LogP contribution >= 0.6 is 0 Å². The van der Waals surface area contributed by atoms with Crippen LogP contribution in [0.3, 0.4) is 0 Å². The fourth-order valence-electron chi connectivity index (χ4n) is 3.84. The standard InChI is InChI=1S/C21H27N3O5S/c1-14(2)20(15-5-6-18-19(11-15)29-10-9-28-18)23-21(25)17-12-16(13-22-17)30(26,27)24-7-3-4-8-24/h5-6,11-14,20,22H,3-4,7-10H2,1-2H3,(H,23,25). The Kier molecular flexibility index (Phi) is 5.75. The zero-order chi connectivity index (χ0) is 21.3. The van der Waals surface area contributed by atoms with Gasteiger partial charge in [0.05, 0.1) is 6.04 Å². The van der Waals surface area contributed by atoms with Gasteiger partial charge in [-0.15, -0.1) is 0 Å². The van der Waals surface area contributed by atoms with Crippen LogP contribution in [0.25, 0.3) is 0 Å². The van der Waals surface area contributed by atoms with Crippen LogP contribution in [0.1, 0.15) is 48.8 Å². The first kappa shape index (κ1) is 20.7. The molecule has 162 valence electrons. The van der Waals surface area contributed by atoms with Crippen molar-refractivity contribution in [2.45, 2.75) is 37.6 Å². The number of sulfonamides is 1. The van der Waals surface area contributed by atoms with E-state index in [1.165, 1.54) is 16.6 Å². The lowest BCUT2D eigenvalue weighted by Gasteiger charge is -2.25. The van der Waals surface area contributed by atoms with Gasteiger partial charge in [-0.05, 0) is 42.5 Å². The van der Waals surface area contributed by atoms with Gasteiger partial charge in [-0.2, -0.15) is 4.31 Å². The molecule has 0 saturated carbocycles. The second-order valence-electron chi connectivity index (χ2n) is 7.96. The molecule has 1 atom stereocenters. The highest BCUT2D eigenvalue weighted by Gasteiger charge is 2.29. The first-order valence-electron chi connectivity index (χ1n) is 10.3. The quantitative estimate of drug-likeness (QED) is 0.730. The molecule has 2 aliphatic heterocycles. The van der Waals surface area contributed by atoms with E-state index in [0.29, 0.717) is 37.8 Å². The van der Waals surface area contributed by atoms with Gasteiger partial charge >= 0.3 is 0 Å². The Morgan fingerprint density at radius 1 is 1.10 bits per heavy atom. The van der Waals surface area contributed by atoms with Crippen LogP contribution in [0.2, 0.25) is 0 Å². The van der Waals surface area contributed by atoms with Gasteiger partial charge in [-0.1, -0.05) is 19.9 Å². The van der Waals surface area contributed by atoms with Crippen LogP contribution in [0.5, 0.6) is 11.5 Å². The number of benzene rings is 1. The Morgan fingerprint density at radius 2 is 1.80 bits per heavy atom. The molecular weight excluding hydrogens is 406 g/mol. The largest absolute Gasteiger partial charge is 0.486 e. The van der Waals surface area contributed by atoms with Gasteiger partial charge in [0.1, 0.15) is 23.8 Å². The maximum atomic E-state index is 12.9. The molecule has 1 aromatic carbocycles. The molecule has 2 aliphatic rings. The Balaban J connectivity index is 1.52. The number of nitrogens with zero attached hydrogens (tertiary/aromatic N) is 1. The second-order valence-corrected chi connectivity index (χ2v) is 9.90. The molecule has 0 radical (unpaired) electrons. The maximum Gasteiger partial charge on any atom is 0.268 e. The number of H-pyrrole nitrogens is 1. The predicted octanol–water partition coefficient (Wildman–Crippen LogP) is 2.70. The molecule has 9 heteroatoms. The lowest BCUT2D eigenvalue weighted by atomic mass is 9.95. The fraction of sp³-hybridized carbons (Fsp3) is 0.476. The number of ether oxygens (including phenoxy) is 2. The van der Waals surface area contributed by atoms with Crippen molar-refractivity contribution >= 4 is 15.9 Å². The average molecular weight is 434 g/mol. The van der Waals surface area contributed by atoms with Crippen LogP contribution in [0.4, 0.5) is 0 Å². The third-order valence-electron chi connectivity index (χ3n) is 5.48. The van der Waals surface area contributed by atoms with Crippen molar-refractivity contribution in [2.75, 3.05) is 26.3 Å². The third kappa shape index (κ3) is 4.04. The van der Waals surface area contributed by atoms with Crippen molar-refractivity contribution in [3.63, 3.8) is 0 Å². The van der Waals surface area contributed by atoms with Crippen LogP contribution in [0, 0.1) is 5.92 Å². The van der Waals surface area contributed by atoms with Crippen molar-refractivity contribution in [1.82, 2.24) is 14.6 Å². The van der Waals surface area contributed by atoms with E-state index >= 15 is 0 Å². The summed E-state index contributed by atoms with van der Waals surface area (Å²) in [6.07, 6.45) is 3.11. The van der Waals surface area contributed by atoms with Crippen molar-refractivity contribution < 1.29 is 22.7 Å². The van der Waals surface area contributed by atoms with Crippen LogP contribution < -0.4 is 14.8 Å². The number of hydrogen-bond acceptors (Lipinski definition) is 5. The molecule has 1 fully saturated rings. The highest BCUT2D eigenvalue weighted by molar-refractivity contribution is 7.89. The zero-order valence-electron chi connectivity index (χ0n) is 17.2. The number of aromatic nitrogens is 1. The monoisotopic (exact) mass is 433 g/mol. The van der Waals surface area contributed by atoms with Crippen LogP contribution in [0.15, 0.2) is 35.4 Å². The molecule has 2 aromatic rings. The van der Waals surface area contributed by atoms with Gasteiger partial charge in [-0.3, -0.25) is 4.79 Å². The summed E-state index contributed by atoms with van der Waals surface area (Å²) in [7, 11) is -3.57. The first-order valence-corrected chi connectivity index (χ1v) is 11.7. The van der Waals surface area contributed by atoms with Gasteiger partial charge in [-0.25, -0.2) is 8.42 Å². The first-order chi connectivity index (χ1) is 14.4. The Morgan fingerprint density at radius 3 is 2.50 bits per heavy atom. The topological polar surface area (TPSA) is 101 Å². The summed E-state index contributed by atoms with van der Waals surface area (Å²) in [5.41, 5.74) is 1.12. The van der Waals surface area contributed by atoms with E-state index in [1.807, 2.05) is 32.0 Å². The maximum absolute atomic E-state index is 12.9. The Bertz CT molecular complexity index is 1030. The molecule has 1 aromatic heterocycles. The summed E-state index contributed by atoms with van der Waals surface area (Å²) in [5, 5.41) is 3.02. The molecule has 8 nitrogen and oxygen atoms in total. The summed E-state index contributed by atoms with van der Waals surface area (Å²) >= 11 is 0. The van der Waals surface area contributed by atoms with E-state index in [-0.39, 0.29) is 28.5 Å². The SMILES string of the molecule is CC(C)C(NC(=O)c1cc(S(=O)(=O)N2CCCC2)c[nH]1)c1ccc2c(c1)OCCO2. The number of rotatable bonds is 6. The van der Waals surface area contributed by atoms with E-state index < -0.39 is 10.0 Å². The lowest BCUT2D eigenvalue weighted by molar-refractivity contribution is 0.0921. The minimum Gasteiger partial charge on any atom is -0.486 e. The van der Waals surface area contributed by atoms with E-state index in [1.54, 1.807) is 0 Å². The summed E-state index contributed by atoms with van der Waals surface area (Å²) in [6.45, 7) is 6.08. The summed E-state index contributed by atoms with van der Waals surface area (Å²) in [6, 6.07) is 6.79. The number of carbonyl (C=O) groups is 1.